The van der Waals surface area contributed by atoms with Gasteiger partial charge >= 0.3 is 0 Å². The number of nitrogens with one attached hydrogen (secondary N) is 1. The minimum atomic E-state index is -0.364. The van der Waals surface area contributed by atoms with Gasteiger partial charge in [0.25, 0.3) is 5.91 Å². The Morgan fingerprint density at radius 3 is 2.62 bits per heavy atom. The SMILES string of the molecule is Cc1cc(C)c2c(c1)C(=O)N1C[C@H](N(C)C)C[C@H]1C(=O)N2. The lowest BCUT2D eigenvalue weighted by atomic mass is 10.0. The van der Waals surface area contributed by atoms with Crippen LogP contribution in [0.25, 0.3) is 0 Å². The van der Waals surface area contributed by atoms with Crippen molar-refractivity contribution in [1.82, 2.24) is 9.80 Å². The van der Waals surface area contributed by atoms with Gasteiger partial charge in [-0.15, -0.1) is 0 Å². The molecule has 5 heteroatoms. The third-order valence-corrected chi connectivity index (χ3v) is 4.53. The molecule has 3 rings (SSSR count). The first-order valence-corrected chi connectivity index (χ1v) is 7.28. The number of amides is 2. The number of benzene rings is 1. The molecule has 2 heterocycles. The number of fused-ring (bicyclic) bond motifs is 2. The molecule has 0 saturated carbocycles. The van der Waals surface area contributed by atoms with E-state index in [2.05, 4.69) is 10.2 Å². The Balaban J connectivity index is 2.05. The summed E-state index contributed by atoms with van der Waals surface area (Å²) in [5.74, 6) is -0.108. The zero-order chi connectivity index (χ0) is 15.3. The number of rotatable bonds is 1. The lowest BCUT2D eigenvalue weighted by Gasteiger charge is -2.21. The monoisotopic (exact) mass is 287 g/mol. The molecular weight excluding hydrogens is 266 g/mol. The zero-order valence-corrected chi connectivity index (χ0v) is 12.9. The molecule has 0 spiro atoms. The topological polar surface area (TPSA) is 52.7 Å². The van der Waals surface area contributed by atoms with Gasteiger partial charge < -0.3 is 15.1 Å². The van der Waals surface area contributed by atoms with Crippen LogP contribution in [0.1, 0.15) is 27.9 Å². The molecule has 5 nitrogen and oxygen atoms in total. The summed E-state index contributed by atoms with van der Waals surface area (Å²) in [7, 11) is 3.98. The van der Waals surface area contributed by atoms with E-state index in [9.17, 15) is 9.59 Å². The van der Waals surface area contributed by atoms with Crippen LogP contribution in [0, 0.1) is 13.8 Å². The molecule has 112 valence electrons. The van der Waals surface area contributed by atoms with Gasteiger partial charge in [-0.25, -0.2) is 0 Å². The van der Waals surface area contributed by atoms with Gasteiger partial charge in [0.1, 0.15) is 6.04 Å². The van der Waals surface area contributed by atoms with Crippen molar-refractivity contribution in [2.24, 2.45) is 0 Å². The third kappa shape index (κ3) is 2.21. The average Bonchev–Trinajstić information content (AvgIpc) is 2.82. The summed E-state index contributed by atoms with van der Waals surface area (Å²) in [4.78, 5) is 29.1. The molecule has 1 aromatic carbocycles. The first kappa shape index (κ1) is 14.1. The van der Waals surface area contributed by atoms with Crippen LogP contribution in [0.4, 0.5) is 5.69 Å². The van der Waals surface area contributed by atoms with Crippen LogP contribution < -0.4 is 5.32 Å². The largest absolute Gasteiger partial charge is 0.325 e. The highest BCUT2D eigenvalue weighted by molar-refractivity contribution is 6.11. The fourth-order valence-corrected chi connectivity index (χ4v) is 3.32. The van der Waals surface area contributed by atoms with Crippen molar-refractivity contribution in [3.05, 3.63) is 28.8 Å². The predicted octanol–water partition coefficient (Wildman–Crippen LogP) is 1.40. The van der Waals surface area contributed by atoms with Crippen molar-refractivity contribution in [1.29, 1.82) is 0 Å². The van der Waals surface area contributed by atoms with Crippen LogP contribution >= 0.6 is 0 Å². The van der Waals surface area contributed by atoms with Crippen LogP contribution in [0.15, 0.2) is 12.1 Å². The Hall–Kier alpha value is -1.88. The quantitative estimate of drug-likeness (QED) is 0.849. The maximum atomic E-state index is 12.9. The zero-order valence-electron chi connectivity index (χ0n) is 12.9. The number of hydrogen-bond acceptors (Lipinski definition) is 3. The van der Waals surface area contributed by atoms with Crippen LogP contribution in [0.5, 0.6) is 0 Å². The summed E-state index contributed by atoms with van der Waals surface area (Å²) < 4.78 is 0. The Bertz CT molecular complexity index is 624. The van der Waals surface area contributed by atoms with E-state index < -0.39 is 0 Å². The summed E-state index contributed by atoms with van der Waals surface area (Å²) in [6.07, 6.45) is 0.691. The number of anilines is 1. The molecule has 21 heavy (non-hydrogen) atoms. The molecule has 0 radical (unpaired) electrons. The molecular formula is C16H21N3O2. The highest BCUT2D eigenvalue weighted by atomic mass is 16.2. The van der Waals surface area contributed by atoms with Crippen molar-refractivity contribution >= 4 is 17.5 Å². The van der Waals surface area contributed by atoms with Gasteiger partial charge in [-0.3, -0.25) is 9.59 Å². The molecule has 2 atom stereocenters. The molecule has 0 aliphatic carbocycles. The molecule has 0 bridgehead atoms. The number of aryl methyl sites for hydroxylation is 2. The van der Waals surface area contributed by atoms with Gasteiger partial charge in [-0.2, -0.15) is 0 Å². The number of hydrogen-bond donors (Lipinski definition) is 1. The maximum Gasteiger partial charge on any atom is 0.256 e. The van der Waals surface area contributed by atoms with Crippen molar-refractivity contribution in [2.75, 3.05) is 26.0 Å². The highest BCUT2D eigenvalue weighted by Crippen LogP contribution is 2.32. The van der Waals surface area contributed by atoms with E-state index in [1.54, 1.807) is 4.90 Å². The second-order valence-electron chi connectivity index (χ2n) is 6.32. The third-order valence-electron chi connectivity index (χ3n) is 4.53. The van der Waals surface area contributed by atoms with Gasteiger partial charge in [0, 0.05) is 12.6 Å². The Morgan fingerprint density at radius 2 is 1.95 bits per heavy atom. The predicted molar refractivity (Wildman–Crippen MR) is 81.5 cm³/mol. The molecule has 2 amide bonds. The van der Waals surface area contributed by atoms with E-state index in [0.717, 1.165) is 11.1 Å². The normalized spacial score (nSPS) is 24.7. The van der Waals surface area contributed by atoms with E-state index in [1.807, 2.05) is 40.1 Å². The molecule has 1 aromatic rings. The lowest BCUT2D eigenvalue weighted by Crippen LogP contribution is -2.40. The molecule has 0 unspecified atom stereocenters. The van der Waals surface area contributed by atoms with Gasteiger partial charge in [-0.1, -0.05) is 6.07 Å². The van der Waals surface area contributed by atoms with Gasteiger partial charge in [0.15, 0.2) is 0 Å². The molecule has 1 saturated heterocycles. The van der Waals surface area contributed by atoms with Crippen molar-refractivity contribution in [3.8, 4) is 0 Å². The average molecular weight is 287 g/mol. The van der Waals surface area contributed by atoms with E-state index in [1.165, 1.54) is 0 Å². The van der Waals surface area contributed by atoms with Crippen LogP contribution in [0.2, 0.25) is 0 Å². The first-order chi connectivity index (χ1) is 9.88. The van der Waals surface area contributed by atoms with Crippen molar-refractivity contribution in [3.63, 3.8) is 0 Å². The number of nitrogens with zero attached hydrogens (tertiary/aromatic N) is 2. The van der Waals surface area contributed by atoms with Crippen molar-refractivity contribution in [2.45, 2.75) is 32.4 Å². The lowest BCUT2D eigenvalue weighted by molar-refractivity contribution is -0.119. The van der Waals surface area contributed by atoms with Crippen LogP contribution in [0.3, 0.4) is 0 Å². The highest BCUT2D eigenvalue weighted by Gasteiger charge is 2.43. The second kappa shape index (κ2) is 4.84. The Kier molecular flexibility index (Phi) is 3.24. The summed E-state index contributed by atoms with van der Waals surface area (Å²) in [5, 5.41) is 2.96. The molecule has 2 aliphatic heterocycles. The molecule has 2 aliphatic rings. The Labute approximate surface area is 124 Å². The van der Waals surface area contributed by atoms with Crippen molar-refractivity contribution < 1.29 is 9.59 Å². The summed E-state index contributed by atoms with van der Waals surface area (Å²) in [6.45, 7) is 4.51. The van der Waals surface area contributed by atoms with Gasteiger partial charge in [0.05, 0.1) is 11.3 Å². The Morgan fingerprint density at radius 1 is 1.24 bits per heavy atom. The van der Waals surface area contributed by atoms with E-state index in [0.29, 0.717) is 24.2 Å². The summed E-state index contributed by atoms with van der Waals surface area (Å²) >= 11 is 0. The fourth-order valence-electron chi connectivity index (χ4n) is 3.32. The van der Waals surface area contributed by atoms with Crippen LogP contribution in [-0.4, -0.2) is 54.3 Å². The number of carbonyl (C=O) groups excluding carboxylic acids is 2. The van der Waals surface area contributed by atoms with Gasteiger partial charge in [0.2, 0.25) is 5.91 Å². The molecule has 1 N–H and O–H groups in total. The summed E-state index contributed by atoms with van der Waals surface area (Å²) in [5.41, 5.74) is 3.27. The number of carbonyl (C=O) groups is 2. The van der Waals surface area contributed by atoms with E-state index >= 15 is 0 Å². The first-order valence-electron chi connectivity index (χ1n) is 7.28. The van der Waals surface area contributed by atoms with E-state index in [4.69, 9.17) is 0 Å². The maximum absolute atomic E-state index is 12.9. The molecule has 1 fully saturated rings. The summed E-state index contributed by atoms with van der Waals surface area (Å²) in [6, 6.07) is 3.73. The standard InChI is InChI=1S/C16H21N3O2/c1-9-5-10(2)14-12(6-9)16(21)19-8-11(18(3)4)7-13(19)15(20)17-14/h5-6,11,13H,7-8H2,1-4H3,(H,17,20)/t11-,13+/m1/s1. The second-order valence-corrected chi connectivity index (χ2v) is 6.32. The molecule has 0 aromatic heterocycles. The number of likely N-dealkylation sites (N-methyl/N-ethyl adjacent to an activating group) is 1. The smallest absolute Gasteiger partial charge is 0.256 e. The van der Waals surface area contributed by atoms with E-state index in [-0.39, 0.29) is 23.9 Å². The fraction of sp³-hybridized carbons (Fsp3) is 0.500. The van der Waals surface area contributed by atoms with Crippen LogP contribution in [-0.2, 0) is 4.79 Å². The van der Waals surface area contributed by atoms with Gasteiger partial charge in [-0.05, 0) is 51.6 Å². The minimum Gasteiger partial charge on any atom is -0.325 e. The minimum absolute atomic E-state index is 0.0375.